The number of hydrogen-bond acceptors (Lipinski definition) is 5. The van der Waals surface area contributed by atoms with E-state index in [0.717, 1.165) is 54.8 Å². The number of benzene rings is 2. The summed E-state index contributed by atoms with van der Waals surface area (Å²) in [5, 5.41) is 9.54. The highest BCUT2D eigenvalue weighted by atomic mass is 35.5. The van der Waals surface area contributed by atoms with Crippen molar-refractivity contribution >= 4 is 23.1 Å². The van der Waals surface area contributed by atoms with Crippen LogP contribution >= 0.6 is 11.6 Å². The Morgan fingerprint density at radius 1 is 1.08 bits per heavy atom. The lowest BCUT2D eigenvalue weighted by atomic mass is 10.1. The number of aliphatic imine (C=N–C) groups is 1. The van der Waals surface area contributed by atoms with Crippen molar-refractivity contribution in [3.05, 3.63) is 53.1 Å². The van der Waals surface area contributed by atoms with Gasteiger partial charge in [0.05, 0.1) is 18.2 Å². The minimum absolute atomic E-state index is 0.467. The van der Waals surface area contributed by atoms with E-state index < -0.39 is 0 Å². The van der Waals surface area contributed by atoms with Gasteiger partial charge in [-0.3, -0.25) is 4.90 Å². The number of halogens is 1. The highest BCUT2D eigenvalue weighted by Crippen LogP contribution is 2.38. The van der Waals surface area contributed by atoms with Gasteiger partial charge in [0.15, 0.2) is 5.75 Å². The average Bonchev–Trinajstić information content (AvgIpc) is 2.79. The van der Waals surface area contributed by atoms with E-state index in [1.54, 1.807) is 0 Å². The zero-order valence-electron chi connectivity index (χ0n) is 13.7. The first-order chi connectivity index (χ1) is 12.2. The van der Waals surface area contributed by atoms with Gasteiger partial charge in [0, 0.05) is 31.2 Å². The molecule has 5 nitrogen and oxygen atoms in total. The Bertz CT molecular complexity index is 866. The van der Waals surface area contributed by atoms with E-state index in [2.05, 4.69) is 15.9 Å². The average molecular weight is 353 g/mol. The maximum atomic E-state index is 8.88. The fourth-order valence-electron chi connectivity index (χ4n) is 3.15. The minimum atomic E-state index is 0.467. The third kappa shape index (κ3) is 3.19. The molecular weight excluding hydrogens is 336 g/mol. The number of nitrogens with zero attached hydrogens (tertiary/aromatic N) is 4. The molecule has 0 unspecified atom stereocenters. The van der Waals surface area contributed by atoms with Crippen molar-refractivity contribution < 1.29 is 4.74 Å². The Hall–Kier alpha value is -2.55. The third-order valence-corrected chi connectivity index (χ3v) is 4.70. The van der Waals surface area contributed by atoms with Crippen LogP contribution in [-0.4, -0.2) is 48.4 Å². The molecule has 4 rings (SSSR count). The zero-order chi connectivity index (χ0) is 17.2. The normalized spacial score (nSPS) is 16.8. The highest BCUT2D eigenvalue weighted by Gasteiger charge is 2.26. The van der Waals surface area contributed by atoms with E-state index in [1.165, 1.54) is 0 Å². The number of piperazine rings is 1. The van der Waals surface area contributed by atoms with Crippen molar-refractivity contribution in [3.8, 4) is 17.6 Å². The molecular formula is C19H17ClN4O. The second-order valence-corrected chi connectivity index (χ2v) is 6.50. The topological polar surface area (TPSA) is 51.9 Å². The second kappa shape index (κ2) is 6.75. The number of amidine groups is 1. The molecule has 1 saturated heterocycles. The molecule has 2 heterocycles. The molecule has 0 aromatic heterocycles. The minimum Gasteiger partial charge on any atom is -0.454 e. The van der Waals surface area contributed by atoms with Crippen LogP contribution in [-0.2, 0) is 0 Å². The number of ether oxygens (including phenoxy) is 1. The summed E-state index contributed by atoms with van der Waals surface area (Å²) in [5.41, 5.74) is 1.71. The summed E-state index contributed by atoms with van der Waals surface area (Å²) in [6.07, 6.45) is 0. The predicted molar refractivity (Wildman–Crippen MR) is 97.8 cm³/mol. The van der Waals surface area contributed by atoms with Crippen molar-refractivity contribution in [3.63, 3.8) is 0 Å². The van der Waals surface area contributed by atoms with Crippen molar-refractivity contribution in [1.29, 1.82) is 5.26 Å². The Labute approximate surface area is 151 Å². The van der Waals surface area contributed by atoms with Crippen LogP contribution in [0.25, 0.3) is 0 Å². The van der Waals surface area contributed by atoms with Crippen LogP contribution in [0.4, 0.5) is 5.69 Å². The van der Waals surface area contributed by atoms with Gasteiger partial charge in [0.25, 0.3) is 0 Å². The van der Waals surface area contributed by atoms with Crippen LogP contribution < -0.4 is 4.74 Å². The van der Waals surface area contributed by atoms with Gasteiger partial charge in [-0.05, 0) is 30.3 Å². The van der Waals surface area contributed by atoms with Crippen molar-refractivity contribution in [2.75, 3.05) is 32.7 Å². The number of nitriles is 1. The van der Waals surface area contributed by atoms with E-state index in [4.69, 9.17) is 26.6 Å². The van der Waals surface area contributed by atoms with Crippen LogP contribution in [0, 0.1) is 11.3 Å². The summed E-state index contributed by atoms with van der Waals surface area (Å²) in [4.78, 5) is 9.29. The Morgan fingerprint density at radius 2 is 1.88 bits per heavy atom. The van der Waals surface area contributed by atoms with Crippen molar-refractivity contribution in [1.82, 2.24) is 9.80 Å². The van der Waals surface area contributed by atoms with E-state index >= 15 is 0 Å². The van der Waals surface area contributed by atoms with Crippen molar-refractivity contribution in [2.45, 2.75) is 0 Å². The molecule has 126 valence electrons. The first kappa shape index (κ1) is 15.9. The lowest BCUT2D eigenvalue weighted by Crippen LogP contribution is -2.48. The maximum absolute atomic E-state index is 8.88. The number of rotatable bonds is 1. The monoisotopic (exact) mass is 352 g/mol. The Morgan fingerprint density at radius 3 is 2.68 bits per heavy atom. The number of fused-ring (bicyclic) bond motifs is 2. The molecule has 0 radical (unpaired) electrons. The third-order valence-electron chi connectivity index (χ3n) is 4.46. The zero-order valence-corrected chi connectivity index (χ0v) is 14.4. The van der Waals surface area contributed by atoms with Crippen LogP contribution in [0.3, 0.4) is 0 Å². The van der Waals surface area contributed by atoms with Crippen LogP contribution in [0.1, 0.15) is 5.56 Å². The molecule has 2 aliphatic heterocycles. The Balaban J connectivity index is 1.74. The molecule has 1 fully saturated rings. The fourth-order valence-corrected chi connectivity index (χ4v) is 3.33. The SMILES string of the molecule is N#CCN1CCN(C2=Nc3ccccc3Oc3ccc(Cl)cc32)CC1. The highest BCUT2D eigenvalue weighted by molar-refractivity contribution is 6.31. The molecule has 6 heteroatoms. The van der Waals surface area contributed by atoms with Crippen LogP contribution in [0.15, 0.2) is 47.5 Å². The van der Waals surface area contributed by atoms with E-state index in [-0.39, 0.29) is 0 Å². The molecule has 0 bridgehead atoms. The van der Waals surface area contributed by atoms with E-state index in [0.29, 0.717) is 11.6 Å². The van der Waals surface area contributed by atoms with Crippen molar-refractivity contribution in [2.24, 2.45) is 4.99 Å². The van der Waals surface area contributed by atoms with Crippen LogP contribution in [0.5, 0.6) is 11.5 Å². The first-order valence-corrected chi connectivity index (χ1v) is 8.62. The predicted octanol–water partition coefficient (Wildman–Crippen LogP) is 3.67. The molecule has 0 aliphatic carbocycles. The molecule has 0 saturated carbocycles. The fraction of sp³-hybridized carbons (Fsp3) is 0.263. The second-order valence-electron chi connectivity index (χ2n) is 6.07. The lowest BCUT2D eigenvalue weighted by Gasteiger charge is -2.35. The van der Waals surface area contributed by atoms with Gasteiger partial charge in [-0.25, -0.2) is 4.99 Å². The van der Waals surface area contributed by atoms with Gasteiger partial charge in [-0.1, -0.05) is 23.7 Å². The summed E-state index contributed by atoms with van der Waals surface area (Å²) in [6.45, 7) is 3.77. The maximum Gasteiger partial charge on any atom is 0.153 e. The summed E-state index contributed by atoms with van der Waals surface area (Å²) >= 11 is 6.24. The molecule has 2 aromatic rings. The van der Waals surface area contributed by atoms with Gasteiger partial charge in [0.2, 0.25) is 0 Å². The molecule has 0 amide bonds. The van der Waals surface area contributed by atoms with Crippen LogP contribution in [0.2, 0.25) is 5.02 Å². The molecule has 0 atom stereocenters. The molecule has 0 N–H and O–H groups in total. The molecule has 2 aliphatic rings. The molecule has 25 heavy (non-hydrogen) atoms. The number of hydrogen-bond donors (Lipinski definition) is 0. The van der Waals surface area contributed by atoms with Gasteiger partial charge in [0.1, 0.15) is 17.3 Å². The summed E-state index contributed by atoms with van der Waals surface area (Å²) in [6, 6.07) is 15.6. The molecule has 2 aromatic carbocycles. The number of para-hydroxylation sites is 2. The van der Waals surface area contributed by atoms with E-state index in [1.807, 2.05) is 42.5 Å². The van der Waals surface area contributed by atoms with E-state index in [9.17, 15) is 0 Å². The lowest BCUT2D eigenvalue weighted by molar-refractivity contribution is 0.200. The smallest absolute Gasteiger partial charge is 0.153 e. The summed E-state index contributed by atoms with van der Waals surface area (Å²) in [7, 11) is 0. The standard InChI is InChI=1S/C19H17ClN4O/c20-14-5-6-17-15(13-14)19(22-16-3-1-2-4-18(16)25-17)24-11-9-23(8-7-21)10-12-24/h1-6,13H,8-12H2. The largest absolute Gasteiger partial charge is 0.454 e. The summed E-state index contributed by atoms with van der Waals surface area (Å²) < 4.78 is 6.08. The first-order valence-electron chi connectivity index (χ1n) is 8.24. The van der Waals surface area contributed by atoms with Gasteiger partial charge < -0.3 is 9.64 Å². The quantitative estimate of drug-likeness (QED) is 0.735. The molecule has 0 spiro atoms. The van der Waals surface area contributed by atoms with Gasteiger partial charge in [-0.2, -0.15) is 5.26 Å². The van der Waals surface area contributed by atoms with Gasteiger partial charge in [-0.15, -0.1) is 0 Å². The Kier molecular flexibility index (Phi) is 4.31. The van der Waals surface area contributed by atoms with Gasteiger partial charge >= 0.3 is 0 Å². The summed E-state index contributed by atoms with van der Waals surface area (Å²) in [5.74, 6) is 2.37.